The van der Waals surface area contributed by atoms with Crippen molar-refractivity contribution in [1.82, 2.24) is 0 Å². The second-order valence-electron chi connectivity index (χ2n) is 6.33. The SMILES string of the molecule is COC(=O)c1c(-c2ccc(F)cc2)csc1NC(=O)c1cc2ccccc2oc1=N. The maximum atomic E-state index is 13.3. The van der Waals surface area contributed by atoms with Crippen LogP contribution < -0.4 is 10.9 Å². The van der Waals surface area contributed by atoms with Gasteiger partial charge in [0, 0.05) is 16.3 Å². The van der Waals surface area contributed by atoms with Gasteiger partial charge in [-0.25, -0.2) is 9.18 Å². The zero-order valence-corrected chi connectivity index (χ0v) is 16.5. The first-order valence-electron chi connectivity index (χ1n) is 8.82. The van der Waals surface area contributed by atoms with E-state index in [-0.39, 0.29) is 21.7 Å². The fourth-order valence-corrected chi connectivity index (χ4v) is 3.97. The average Bonchev–Trinajstić information content (AvgIpc) is 3.16. The zero-order chi connectivity index (χ0) is 21.3. The number of benzene rings is 2. The monoisotopic (exact) mass is 422 g/mol. The number of methoxy groups -OCH3 is 1. The van der Waals surface area contributed by atoms with E-state index in [9.17, 15) is 14.0 Å². The number of nitrogens with one attached hydrogen (secondary N) is 2. The van der Waals surface area contributed by atoms with Crippen molar-refractivity contribution in [3.05, 3.63) is 82.5 Å². The minimum atomic E-state index is -0.639. The lowest BCUT2D eigenvalue weighted by Crippen LogP contribution is -2.21. The van der Waals surface area contributed by atoms with Crippen molar-refractivity contribution in [2.45, 2.75) is 0 Å². The number of carbonyl (C=O) groups excluding carboxylic acids is 2. The van der Waals surface area contributed by atoms with Crippen LogP contribution in [-0.4, -0.2) is 19.0 Å². The smallest absolute Gasteiger partial charge is 0.341 e. The molecule has 0 aliphatic heterocycles. The van der Waals surface area contributed by atoms with Gasteiger partial charge >= 0.3 is 5.97 Å². The fourth-order valence-electron chi connectivity index (χ4n) is 3.01. The van der Waals surface area contributed by atoms with E-state index in [0.717, 1.165) is 11.3 Å². The third-order valence-electron chi connectivity index (χ3n) is 4.48. The van der Waals surface area contributed by atoms with Gasteiger partial charge in [-0.2, -0.15) is 0 Å². The normalized spacial score (nSPS) is 10.7. The number of anilines is 1. The van der Waals surface area contributed by atoms with E-state index in [4.69, 9.17) is 14.6 Å². The molecular formula is C22H15FN2O4S. The summed E-state index contributed by atoms with van der Waals surface area (Å²) in [5.74, 6) is -1.63. The Kier molecular flexibility index (Phi) is 5.16. The van der Waals surface area contributed by atoms with Crippen LogP contribution in [0.3, 0.4) is 0 Å². The fraction of sp³-hybridized carbons (Fsp3) is 0.0455. The highest BCUT2D eigenvalue weighted by atomic mass is 32.1. The Balaban J connectivity index is 1.73. The number of esters is 1. The van der Waals surface area contributed by atoms with Crippen molar-refractivity contribution >= 4 is 39.2 Å². The highest BCUT2D eigenvalue weighted by Gasteiger charge is 2.23. The molecular weight excluding hydrogens is 407 g/mol. The van der Waals surface area contributed by atoms with Crippen LogP contribution in [0.5, 0.6) is 0 Å². The molecule has 4 aromatic rings. The molecule has 0 unspecified atom stereocenters. The van der Waals surface area contributed by atoms with Crippen LogP contribution in [0.15, 0.2) is 64.4 Å². The lowest BCUT2D eigenvalue weighted by atomic mass is 10.0. The molecule has 4 rings (SSSR count). The third kappa shape index (κ3) is 3.60. The number of ether oxygens (including phenoxy) is 1. The standard InChI is InChI=1S/C22H15FN2O4S/c1-28-22(27)18-16(12-6-8-14(23)9-7-12)11-30-21(18)25-20(26)15-10-13-4-2-3-5-17(13)29-19(15)24/h2-11,24H,1H3,(H,25,26). The predicted octanol–water partition coefficient (Wildman–Crippen LogP) is 4.82. The quantitative estimate of drug-likeness (QED) is 0.461. The van der Waals surface area contributed by atoms with Crippen molar-refractivity contribution in [3.63, 3.8) is 0 Å². The summed E-state index contributed by atoms with van der Waals surface area (Å²) < 4.78 is 23.6. The summed E-state index contributed by atoms with van der Waals surface area (Å²) >= 11 is 1.13. The van der Waals surface area contributed by atoms with E-state index in [1.54, 1.807) is 47.8 Å². The molecule has 2 heterocycles. The minimum Gasteiger partial charge on any atom is -0.465 e. The Morgan fingerprint density at radius 2 is 1.87 bits per heavy atom. The van der Waals surface area contributed by atoms with Crippen molar-refractivity contribution in [3.8, 4) is 11.1 Å². The van der Waals surface area contributed by atoms with Gasteiger partial charge in [-0.1, -0.05) is 30.3 Å². The molecule has 0 atom stereocenters. The van der Waals surface area contributed by atoms with Gasteiger partial charge in [0.05, 0.1) is 7.11 Å². The summed E-state index contributed by atoms with van der Waals surface area (Å²) in [7, 11) is 1.24. The molecule has 0 fully saturated rings. The van der Waals surface area contributed by atoms with Crippen molar-refractivity contribution in [2.75, 3.05) is 12.4 Å². The number of para-hydroxylation sites is 1. The van der Waals surface area contributed by atoms with E-state index < -0.39 is 17.7 Å². The maximum Gasteiger partial charge on any atom is 0.341 e. The van der Waals surface area contributed by atoms with Gasteiger partial charge in [0.15, 0.2) is 0 Å². The number of halogens is 1. The second-order valence-corrected chi connectivity index (χ2v) is 7.21. The largest absolute Gasteiger partial charge is 0.465 e. The molecule has 0 spiro atoms. The number of thiophene rings is 1. The van der Waals surface area contributed by atoms with Crippen LogP contribution in [0.4, 0.5) is 9.39 Å². The molecule has 0 saturated heterocycles. The molecule has 1 amide bonds. The summed E-state index contributed by atoms with van der Waals surface area (Å²) in [5, 5.41) is 13.3. The first kappa shape index (κ1) is 19.5. The van der Waals surface area contributed by atoms with Gasteiger partial charge in [-0.15, -0.1) is 11.3 Å². The Morgan fingerprint density at radius 1 is 1.13 bits per heavy atom. The molecule has 30 heavy (non-hydrogen) atoms. The topological polar surface area (TPSA) is 92.4 Å². The highest BCUT2D eigenvalue weighted by Crippen LogP contribution is 2.36. The molecule has 0 saturated carbocycles. The number of hydrogen-bond donors (Lipinski definition) is 2. The van der Waals surface area contributed by atoms with Gasteiger partial charge in [0.2, 0.25) is 5.55 Å². The average molecular weight is 422 g/mol. The van der Waals surface area contributed by atoms with Crippen molar-refractivity contribution in [2.24, 2.45) is 0 Å². The van der Waals surface area contributed by atoms with Crippen LogP contribution in [-0.2, 0) is 4.74 Å². The molecule has 0 bridgehead atoms. The molecule has 2 N–H and O–H groups in total. The first-order chi connectivity index (χ1) is 14.5. The van der Waals surface area contributed by atoms with Crippen LogP contribution in [0.25, 0.3) is 22.1 Å². The lowest BCUT2D eigenvalue weighted by Gasteiger charge is -2.08. The van der Waals surface area contributed by atoms with Crippen molar-refractivity contribution in [1.29, 1.82) is 5.41 Å². The van der Waals surface area contributed by atoms with E-state index in [0.29, 0.717) is 22.1 Å². The van der Waals surface area contributed by atoms with Crippen LogP contribution in [0.2, 0.25) is 0 Å². The molecule has 0 aliphatic rings. The van der Waals surface area contributed by atoms with Crippen molar-refractivity contribution < 1.29 is 23.1 Å². The number of amides is 1. The third-order valence-corrected chi connectivity index (χ3v) is 5.38. The molecule has 6 nitrogen and oxygen atoms in total. The second kappa shape index (κ2) is 7.92. The van der Waals surface area contributed by atoms with Gasteiger partial charge < -0.3 is 14.5 Å². The molecule has 8 heteroatoms. The number of fused-ring (bicyclic) bond motifs is 1. The summed E-state index contributed by atoms with van der Waals surface area (Å²) in [6.07, 6.45) is 0. The van der Waals surface area contributed by atoms with Gasteiger partial charge in [0.1, 0.15) is 27.5 Å². The first-order valence-corrected chi connectivity index (χ1v) is 9.70. The summed E-state index contributed by atoms with van der Waals surface area (Å²) in [6, 6.07) is 14.3. The number of hydrogen-bond acceptors (Lipinski definition) is 6. The number of rotatable bonds is 4. The summed E-state index contributed by atoms with van der Waals surface area (Å²) in [6.45, 7) is 0. The number of carbonyl (C=O) groups is 2. The van der Waals surface area contributed by atoms with Gasteiger partial charge in [-0.3, -0.25) is 10.2 Å². The molecule has 2 aromatic carbocycles. The molecule has 150 valence electrons. The van der Waals surface area contributed by atoms with Crippen LogP contribution in [0, 0.1) is 11.2 Å². The molecule has 0 radical (unpaired) electrons. The van der Waals surface area contributed by atoms with E-state index >= 15 is 0 Å². The van der Waals surface area contributed by atoms with E-state index in [1.807, 2.05) is 0 Å². The minimum absolute atomic E-state index is 0.0289. The van der Waals surface area contributed by atoms with E-state index in [2.05, 4.69) is 5.32 Å². The molecule has 0 aliphatic carbocycles. The van der Waals surface area contributed by atoms with Gasteiger partial charge in [0.25, 0.3) is 5.91 Å². The Morgan fingerprint density at radius 3 is 2.60 bits per heavy atom. The van der Waals surface area contributed by atoms with Gasteiger partial charge in [-0.05, 0) is 29.8 Å². The summed E-state index contributed by atoms with van der Waals surface area (Å²) in [4.78, 5) is 25.3. The highest BCUT2D eigenvalue weighted by molar-refractivity contribution is 7.15. The predicted molar refractivity (Wildman–Crippen MR) is 111 cm³/mol. The lowest BCUT2D eigenvalue weighted by molar-refractivity contribution is 0.0603. The Labute approximate surface area is 174 Å². The van der Waals surface area contributed by atoms with Crippen LogP contribution in [0.1, 0.15) is 20.7 Å². The molecule has 2 aromatic heterocycles. The van der Waals surface area contributed by atoms with Crippen LogP contribution >= 0.6 is 11.3 Å². The Bertz CT molecular complexity index is 1330. The maximum absolute atomic E-state index is 13.3. The van der Waals surface area contributed by atoms with E-state index in [1.165, 1.54) is 19.2 Å². The zero-order valence-electron chi connectivity index (χ0n) is 15.7. The Hall–Kier alpha value is -3.78. The summed E-state index contributed by atoms with van der Waals surface area (Å²) in [5.41, 5.74) is 1.50.